The molecule has 15 heavy (non-hydrogen) atoms. The summed E-state index contributed by atoms with van der Waals surface area (Å²) in [6.45, 7) is 3.70. The Morgan fingerprint density at radius 1 is 1.53 bits per heavy atom. The van der Waals surface area contributed by atoms with Gasteiger partial charge in [0.15, 0.2) is 6.10 Å². The van der Waals surface area contributed by atoms with Crippen molar-refractivity contribution >= 4 is 11.9 Å². The molecular formula is C10H16O5. The van der Waals surface area contributed by atoms with Crippen molar-refractivity contribution in [2.45, 2.75) is 38.9 Å². The Balaban J connectivity index is 2.19. The van der Waals surface area contributed by atoms with Gasteiger partial charge in [-0.05, 0) is 19.8 Å². The fraction of sp³-hybridized carbons (Fsp3) is 0.800. The number of rotatable bonds is 4. The molecule has 0 aromatic carbocycles. The molecule has 0 saturated carbocycles. The molecule has 0 spiro atoms. The van der Waals surface area contributed by atoms with E-state index in [1.54, 1.807) is 0 Å². The molecule has 1 heterocycles. The second kappa shape index (κ2) is 5.70. The maximum atomic E-state index is 11.3. The predicted molar refractivity (Wildman–Crippen MR) is 51.2 cm³/mol. The number of hydrogen-bond acceptors (Lipinski definition) is 5. The van der Waals surface area contributed by atoms with Crippen LogP contribution in [0.2, 0.25) is 0 Å². The van der Waals surface area contributed by atoms with Gasteiger partial charge in [0.05, 0.1) is 6.10 Å². The van der Waals surface area contributed by atoms with Gasteiger partial charge in [-0.3, -0.25) is 4.79 Å². The smallest absolute Gasteiger partial charge is 0.347 e. The molecule has 0 bridgehead atoms. The molecule has 2 atom stereocenters. The molecule has 0 aromatic heterocycles. The molecule has 1 fully saturated rings. The van der Waals surface area contributed by atoms with Gasteiger partial charge in [0.2, 0.25) is 0 Å². The van der Waals surface area contributed by atoms with Gasteiger partial charge >= 0.3 is 11.9 Å². The zero-order valence-corrected chi connectivity index (χ0v) is 9.02. The topological polar surface area (TPSA) is 61.8 Å². The highest BCUT2D eigenvalue weighted by molar-refractivity contribution is 5.78. The van der Waals surface area contributed by atoms with Crippen LogP contribution >= 0.6 is 0 Å². The second-order valence-corrected chi connectivity index (χ2v) is 3.52. The van der Waals surface area contributed by atoms with E-state index in [0.717, 1.165) is 19.4 Å². The van der Waals surface area contributed by atoms with Gasteiger partial charge in [-0.25, -0.2) is 4.79 Å². The molecular weight excluding hydrogens is 200 g/mol. The monoisotopic (exact) mass is 216 g/mol. The van der Waals surface area contributed by atoms with Crippen LogP contribution in [0.15, 0.2) is 0 Å². The molecule has 1 aliphatic heterocycles. The maximum Gasteiger partial charge on any atom is 0.347 e. The summed E-state index contributed by atoms with van der Waals surface area (Å²) in [7, 11) is 0. The van der Waals surface area contributed by atoms with E-state index in [1.165, 1.54) is 13.8 Å². The van der Waals surface area contributed by atoms with E-state index >= 15 is 0 Å². The summed E-state index contributed by atoms with van der Waals surface area (Å²) in [5.74, 6) is -1.02. The lowest BCUT2D eigenvalue weighted by Gasteiger charge is -2.13. The standard InChI is InChI=1S/C10H16O5/c1-7(15-8(2)11)10(12)14-6-9-4-3-5-13-9/h7,9H,3-6H2,1-2H3. The summed E-state index contributed by atoms with van der Waals surface area (Å²) in [6, 6.07) is 0. The van der Waals surface area contributed by atoms with Gasteiger partial charge < -0.3 is 14.2 Å². The van der Waals surface area contributed by atoms with E-state index in [1.807, 2.05) is 0 Å². The largest absolute Gasteiger partial charge is 0.460 e. The van der Waals surface area contributed by atoms with Crippen LogP contribution in [-0.2, 0) is 23.8 Å². The van der Waals surface area contributed by atoms with Crippen molar-refractivity contribution in [3.8, 4) is 0 Å². The van der Waals surface area contributed by atoms with Crippen LogP contribution in [0, 0.1) is 0 Å². The lowest BCUT2D eigenvalue weighted by Crippen LogP contribution is -2.28. The van der Waals surface area contributed by atoms with E-state index in [9.17, 15) is 9.59 Å². The number of carbonyl (C=O) groups is 2. The van der Waals surface area contributed by atoms with Crippen molar-refractivity contribution in [3.63, 3.8) is 0 Å². The highest BCUT2D eigenvalue weighted by atomic mass is 16.6. The Kier molecular flexibility index (Phi) is 4.55. The van der Waals surface area contributed by atoms with Crippen molar-refractivity contribution in [2.24, 2.45) is 0 Å². The minimum atomic E-state index is -0.844. The SMILES string of the molecule is CC(=O)OC(C)C(=O)OCC1CCCO1. The molecule has 5 heteroatoms. The molecule has 0 amide bonds. The van der Waals surface area contributed by atoms with Crippen LogP contribution in [0.5, 0.6) is 0 Å². The van der Waals surface area contributed by atoms with Crippen LogP contribution in [-0.4, -0.2) is 37.4 Å². The number of carbonyl (C=O) groups excluding carboxylic acids is 2. The molecule has 0 radical (unpaired) electrons. The van der Waals surface area contributed by atoms with Crippen LogP contribution in [0.25, 0.3) is 0 Å². The predicted octanol–water partition coefficient (Wildman–Crippen LogP) is 0.660. The summed E-state index contributed by atoms with van der Waals surface area (Å²) in [5, 5.41) is 0. The van der Waals surface area contributed by atoms with Crippen LogP contribution in [0.3, 0.4) is 0 Å². The lowest BCUT2D eigenvalue weighted by atomic mass is 10.2. The molecule has 2 unspecified atom stereocenters. The summed E-state index contributed by atoms with van der Waals surface area (Å²) >= 11 is 0. The van der Waals surface area contributed by atoms with Gasteiger partial charge in [0.25, 0.3) is 0 Å². The Hall–Kier alpha value is -1.10. The molecule has 5 nitrogen and oxygen atoms in total. The molecule has 1 aliphatic rings. The van der Waals surface area contributed by atoms with E-state index in [-0.39, 0.29) is 12.7 Å². The van der Waals surface area contributed by atoms with Crippen molar-refractivity contribution in [1.29, 1.82) is 0 Å². The first kappa shape index (κ1) is 12.0. The van der Waals surface area contributed by atoms with Gasteiger partial charge in [-0.1, -0.05) is 0 Å². The number of esters is 2. The quantitative estimate of drug-likeness (QED) is 0.646. The molecule has 1 saturated heterocycles. The van der Waals surface area contributed by atoms with Crippen molar-refractivity contribution in [1.82, 2.24) is 0 Å². The Morgan fingerprint density at radius 2 is 2.27 bits per heavy atom. The highest BCUT2D eigenvalue weighted by Crippen LogP contribution is 2.12. The fourth-order valence-corrected chi connectivity index (χ4v) is 1.37. The van der Waals surface area contributed by atoms with Gasteiger partial charge in [-0.15, -0.1) is 0 Å². The van der Waals surface area contributed by atoms with Crippen molar-refractivity contribution in [3.05, 3.63) is 0 Å². The average Bonchev–Trinajstić information content (AvgIpc) is 2.65. The van der Waals surface area contributed by atoms with Crippen LogP contribution in [0.4, 0.5) is 0 Å². The summed E-state index contributed by atoms with van der Waals surface area (Å²) in [4.78, 5) is 21.8. The minimum Gasteiger partial charge on any atom is -0.460 e. The third-order valence-electron chi connectivity index (χ3n) is 2.11. The first-order valence-electron chi connectivity index (χ1n) is 5.05. The summed E-state index contributed by atoms with van der Waals surface area (Å²) in [5.41, 5.74) is 0. The Morgan fingerprint density at radius 3 is 2.80 bits per heavy atom. The summed E-state index contributed by atoms with van der Waals surface area (Å²) in [6.07, 6.45) is 1.07. The maximum absolute atomic E-state index is 11.3. The molecule has 0 aliphatic carbocycles. The van der Waals surface area contributed by atoms with Crippen molar-refractivity contribution < 1.29 is 23.8 Å². The van der Waals surface area contributed by atoms with Crippen molar-refractivity contribution in [2.75, 3.05) is 13.2 Å². The average molecular weight is 216 g/mol. The third kappa shape index (κ3) is 4.29. The van der Waals surface area contributed by atoms with Crippen LogP contribution in [0.1, 0.15) is 26.7 Å². The zero-order valence-electron chi connectivity index (χ0n) is 9.02. The zero-order chi connectivity index (χ0) is 11.3. The third-order valence-corrected chi connectivity index (χ3v) is 2.11. The second-order valence-electron chi connectivity index (χ2n) is 3.52. The number of hydrogen-bond donors (Lipinski definition) is 0. The lowest BCUT2D eigenvalue weighted by molar-refractivity contribution is -0.167. The van der Waals surface area contributed by atoms with E-state index in [0.29, 0.717) is 0 Å². The van der Waals surface area contributed by atoms with Gasteiger partial charge in [-0.2, -0.15) is 0 Å². The minimum absolute atomic E-state index is 0.00141. The molecule has 0 N–H and O–H groups in total. The Bertz CT molecular complexity index is 232. The number of ether oxygens (including phenoxy) is 3. The highest BCUT2D eigenvalue weighted by Gasteiger charge is 2.21. The Labute approximate surface area is 88.7 Å². The molecule has 0 aromatic rings. The van der Waals surface area contributed by atoms with Gasteiger partial charge in [0.1, 0.15) is 6.61 Å². The molecule has 86 valence electrons. The fourth-order valence-electron chi connectivity index (χ4n) is 1.37. The van der Waals surface area contributed by atoms with Gasteiger partial charge in [0, 0.05) is 13.5 Å². The molecule has 1 rings (SSSR count). The van der Waals surface area contributed by atoms with Crippen LogP contribution < -0.4 is 0 Å². The normalized spacial score (nSPS) is 22.1. The van der Waals surface area contributed by atoms with E-state index in [4.69, 9.17) is 9.47 Å². The first-order valence-corrected chi connectivity index (χ1v) is 5.05. The summed E-state index contributed by atoms with van der Waals surface area (Å²) < 4.78 is 14.9. The van der Waals surface area contributed by atoms with E-state index in [2.05, 4.69) is 4.74 Å². The van der Waals surface area contributed by atoms with E-state index < -0.39 is 18.0 Å². The first-order chi connectivity index (χ1) is 7.09.